The summed E-state index contributed by atoms with van der Waals surface area (Å²) in [7, 11) is 3.38. The van der Waals surface area contributed by atoms with Gasteiger partial charge in [-0.1, -0.05) is 19.1 Å². The average Bonchev–Trinajstić information content (AvgIpc) is 3.31. The van der Waals surface area contributed by atoms with Crippen molar-refractivity contribution in [2.45, 2.75) is 19.8 Å². The number of pyridine rings is 2. The number of rotatable bonds is 10. The van der Waals surface area contributed by atoms with E-state index in [2.05, 4.69) is 30.7 Å². The van der Waals surface area contributed by atoms with Gasteiger partial charge in [-0.3, -0.25) is 9.48 Å². The maximum atomic E-state index is 12.7. The highest BCUT2D eigenvalue weighted by atomic mass is 16.5. The maximum Gasteiger partial charge on any atom is 0.184 e. The van der Waals surface area contributed by atoms with Gasteiger partial charge in [0.1, 0.15) is 18.0 Å². The Hall–Kier alpha value is -4.31. The number of benzene rings is 1. The fourth-order valence-electron chi connectivity index (χ4n) is 3.59. The Bertz CT molecular complexity index is 1320. The van der Waals surface area contributed by atoms with Crippen LogP contribution in [0.15, 0.2) is 55.1 Å². The van der Waals surface area contributed by atoms with Gasteiger partial charge >= 0.3 is 0 Å². The Morgan fingerprint density at radius 2 is 1.89 bits per heavy atom. The van der Waals surface area contributed by atoms with Gasteiger partial charge in [-0.25, -0.2) is 15.0 Å². The van der Waals surface area contributed by atoms with Gasteiger partial charge in [0.15, 0.2) is 17.4 Å². The lowest BCUT2D eigenvalue weighted by Crippen LogP contribution is -2.07. The number of nitrogens with zero attached hydrogens (tertiary/aromatic N) is 5. The van der Waals surface area contributed by atoms with E-state index in [1.807, 2.05) is 37.3 Å². The van der Waals surface area contributed by atoms with Crippen LogP contribution in [0.1, 0.15) is 29.3 Å². The SMILES string of the molecule is CCC(=O)c1cnc(Nc2ccc(CCO)cn2)cc1Nc1cccc(-c2ncn(C)n2)c1OC. The predicted molar refractivity (Wildman–Crippen MR) is 133 cm³/mol. The molecule has 0 radical (unpaired) electrons. The molecule has 0 aliphatic heterocycles. The molecule has 0 saturated heterocycles. The fourth-order valence-corrected chi connectivity index (χ4v) is 3.59. The summed E-state index contributed by atoms with van der Waals surface area (Å²) in [5.74, 6) is 2.16. The van der Waals surface area contributed by atoms with Crippen LogP contribution in [0, 0.1) is 0 Å². The second-order valence-corrected chi connectivity index (χ2v) is 7.80. The van der Waals surface area contributed by atoms with Crippen LogP contribution in [0.4, 0.5) is 23.0 Å². The third kappa shape index (κ3) is 5.44. The topological polar surface area (TPSA) is 127 Å². The minimum atomic E-state index is -0.0421. The van der Waals surface area contributed by atoms with Crippen molar-refractivity contribution in [3.63, 3.8) is 0 Å². The van der Waals surface area contributed by atoms with Crippen molar-refractivity contribution in [1.29, 1.82) is 0 Å². The third-order valence-electron chi connectivity index (χ3n) is 5.34. The van der Waals surface area contributed by atoms with Crippen molar-refractivity contribution < 1.29 is 14.6 Å². The van der Waals surface area contributed by atoms with E-state index in [1.54, 1.807) is 43.6 Å². The first-order valence-electron chi connectivity index (χ1n) is 11.2. The van der Waals surface area contributed by atoms with Crippen LogP contribution in [-0.4, -0.2) is 49.3 Å². The zero-order valence-electron chi connectivity index (χ0n) is 19.8. The standard InChI is InChI=1S/C25H27N7O3/c1-4-21(34)18-14-27-23(30-22-9-8-16(10-11-33)13-26-22)12-20(18)29-19-7-5-6-17(24(19)35-3)25-28-15-32(2)31-25/h5-9,12-15,33H,4,10-11H2,1-3H3,(H2,26,27,29,30). The first kappa shape index (κ1) is 23.8. The second kappa shape index (κ2) is 10.7. The number of ether oxygens (including phenoxy) is 1. The van der Waals surface area contributed by atoms with E-state index < -0.39 is 0 Å². The quantitative estimate of drug-likeness (QED) is 0.294. The van der Waals surface area contributed by atoms with Gasteiger partial charge in [-0.15, -0.1) is 0 Å². The molecule has 0 spiro atoms. The summed E-state index contributed by atoms with van der Waals surface area (Å²) in [6.45, 7) is 1.88. The molecule has 4 aromatic rings. The number of hydrogen-bond donors (Lipinski definition) is 3. The molecular weight excluding hydrogens is 446 g/mol. The molecule has 0 aliphatic rings. The predicted octanol–water partition coefficient (Wildman–Crippen LogP) is 3.90. The van der Waals surface area contributed by atoms with E-state index in [4.69, 9.17) is 9.84 Å². The lowest BCUT2D eigenvalue weighted by molar-refractivity contribution is 0.0988. The Morgan fingerprint density at radius 1 is 1.06 bits per heavy atom. The molecule has 4 rings (SSSR count). The number of aliphatic hydroxyl groups is 1. The molecular formula is C25H27N7O3. The lowest BCUT2D eigenvalue weighted by Gasteiger charge is -2.17. The number of carbonyl (C=O) groups excluding carboxylic acids is 1. The Labute approximate surface area is 203 Å². The number of anilines is 4. The van der Waals surface area contributed by atoms with Crippen LogP contribution in [0.2, 0.25) is 0 Å². The van der Waals surface area contributed by atoms with Gasteiger partial charge in [0.25, 0.3) is 0 Å². The molecule has 180 valence electrons. The van der Waals surface area contributed by atoms with Crippen molar-refractivity contribution in [2.75, 3.05) is 24.4 Å². The van der Waals surface area contributed by atoms with Crippen molar-refractivity contribution in [2.24, 2.45) is 7.05 Å². The van der Waals surface area contributed by atoms with E-state index in [1.165, 1.54) is 0 Å². The van der Waals surface area contributed by atoms with E-state index in [0.717, 1.165) is 11.1 Å². The van der Waals surface area contributed by atoms with Crippen molar-refractivity contribution >= 4 is 28.8 Å². The highest BCUT2D eigenvalue weighted by Gasteiger charge is 2.18. The summed E-state index contributed by atoms with van der Waals surface area (Å²) >= 11 is 0. The second-order valence-electron chi connectivity index (χ2n) is 7.80. The molecule has 10 nitrogen and oxygen atoms in total. The summed E-state index contributed by atoms with van der Waals surface area (Å²) in [5.41, 5.74) is 3.36. The summed E-state index contributed by atoms with van der Waals surface area (Å²) in [5, 5.41) is 20.0. The third-order valence-corrected chi connectivity index (χ3v) is 5.34. The minimum absolute atomic E-state index is 0.0421. The van der Waals surface area contributed by atoms with Gasteiger partial charge < -0.3 is 20.5 Å². The van der Waals surface area contributed by atoms with Crippen LogP contribution in [0.25, 0.3) is 11.4 Å². The lowest BCUT2D eigenvalue weighted by atomic mass is 10.1. The van der Waals surface area contributed by atoms with Crippen LogP contribution in [0.3, 0.4) is 0 Å². The number of para-hydroxylation sites is 1. The summed E-state index contributed by atoms with van der Waals surface area (Å²) in [4.78, 5) is 25.8. The molecule has 10 heteroatoms. The number of ketones is 1. The number of aliphatic hydroxyl groups excluding tert-OH is 1. The smallest absolute Gasteiger partial charge is 0.184 e. The number of Topliss-reactive ketones (excluding diaryl/α,β-unsaturated/α-hetero) is 1. The minimum Gasteiger partial charge on any atom is -0.494 e. The van der Waals surface area contributed by atoms with E-state index in [-0.39, 0.29) is 12.4 Å². The first-order valence-corrected chi connectivity index (χ1v) is 11.2. The zero-order chi connectivity index (χ0) is 24.8. The Kier molecular flexibility index (Phi) is 7.32. The Morgan fingerprint density at radius 3 is 2.54 bits per heavy atom. The van der Waals surface area contributed by atoms with Crippen molar-refractivity contribution in [3.8, 4) is 17.1 Å². The molecule has 0 atom stereocenters. The van der Waals surface area contributed by atoms with Crippen LogP contribution < -0.4 is 15.4 Å². The highest BCUT2D eigenvalue weighted by Crippen LogP contribution is 2.37. The van der Waals surface area contributed by atoms with Crippen LogP contribution in [-0.2, 0) is 13.5 Å². The molecule has 35 heavy (non-hydrogen) atoms. The van der Waals surface area contributed by atoms with E-state index >= 15 is 0 Å². The van der Waals surface area contributed by atoms with Crippen molar-refractivity contribution in [3.05, 3.63) is 66.2 Å². The largest absolute Gasteiger partial charge is 0.494 e. The molecule has 3 aromatic heterocycles. The number of methoxy groups -OCH3 is 1. The highest BCUT2D eigenvalue weighted by molar-refractivity contribution is 6.02. The number of carbonyl (C=O) groups is 1. The summed E-state index contributed by atoms with van der Waals surface area (Å²) in [6, 6.07) is 11.1. The summed E-state index contributed by atoms with van der Waals surface area (Å²) in [6.07, 6.45) is 5.76. The molecule has 3 heterocycles. The molecule has 3 N–H and O–H groups in total. The normalized spacial score (nSPS) is 10.7. The Balaban J connectivity index is 1.68. The number of nitrogens with one attached hydrogen (secondary N) is 2. The van der Waals surface area contributed by atoms with Gasteiger partial charge in [-0.05, 0) is 30.2 Å². The molecule has 0 unspecified atom stereocenters. The van der Waals surface area contributed by atoms with Gasteiger partial charge in [0.2, 0.25) is 0 Å². The van der Waals surface area contributed by atoms with Gasteiger partial charge in [0, 0.05) is 38.5 Å². The van der Waals surface area contributed by atoms with Crippen molar-refractivity contribution in [1.82, 2.24) is 24.7 Å². The number of aromatic nitrogens is 5. The zero-order valence-corrected chi connectivity index (χ0v) is 19.8. The van der Waals surface area contributed by atoms with E-state index in [9.17, 15) is 4.79 Å². The average molecular weight is 474 g/mol. The monoisotopic (exact) mass is 473 g/mol. The molecule has 0 bridgehead atoms. The first-order chi connectivity index (χ1) is 17.0. The number of aryl methyl sites for hydroxylation is 1. The van der Waals surface area contributed by atoms with Gasteiger partial charge in [-0.2, -0.15) is 5.10 Å². The molecule has 0 fully saturated rings. The van der Waals surface area contributed by atoms with Crippen LogP contribution >= 0.6 is 0 Å². The molecule has 0 aliphatic carbocycles. The molecule has 1 aromatic carbocycles. The number of hydrogen-bond acceptors (Lipinski definition) is 9. The molecule has 0 saturated carbocycles. The summed E-state index contributed by atoms with van der Waals surface area (Å²) < 4.78 is 7.32. The van der Waals surface area contributed by atoms with Crippen LogP contribution in [0.5, 0.6) is 5.75 Å². The maximum absolute atomic E-state index is 12.7. The van der Waals surface area contributed by atoms with Gasteiger partial charge in [0.05, 0.1) is 29.6 Å². The fraction of sp³-hybridized carbons (Fsp3) is 0.240. The van der Waals surface area contributed by atoms with E-state index in [0.29, 0.717) is 53.0 Å². The molecule has 0 amide bonds.